The number of aromatic nitrogens is 2. The molecule has 0 aliphatic carbocycles. The van der Waals surface area contributed by atoms with E-state index < -0.39 is 0 Å². The van der Waals surface area contributed by atoms with E-state index in [1.165, 1.54) is 0 Å². The lowest BCUT2D eigenvalue weighted by Crippen LogP contribution is -2.11. The summed E-state index contributed by atoms with van der Waals surface area (Å²) in [6.07, 6.45) is 1.80. The lowest BCUT2D eigenvalue weighted by Gasteiger charge is -2.08. The van der Waals surface area contributed by atoms with E-state index in [2.05, 4.69) is 10.3 Å². The molecule has 0 saturated carbocycles. The third-order valence-corrected chi connectivity index (χ3v) is 4.22. The van der Waals surface area contributed by atoms with Crippen LogP contribution < -0.4 is 5.32 Å². The second kappa shape index (κ2) is 6.42. The normalized spacial score (nSPS) is 10.8. The predicted molar refractivity (Wildman–Crippen MR) is 100 cm³/mol. The molecule has 0 aliphatic rings. The van der Waals surface area contributed by atoms with E-state index >= 15 is 0 Å². The second-order valence-electron chi connectivity index (χ2n) is 5.61. The summed E-state index contributed by atoms with van der Waals surface area (Å²) in [6.45, 7) is 0. The largest absolute Gasteiger partial charge is 0.322 e. The Balaban J connectivity index is 1.56. The minimum Gasteiger partial charge on any atom is -0.322 e. The number of fused-ring (bicyclic) bond motifs is 1. The Morgan fingerprint density at radius 3 is 2.40 bits per heavy atom. The SMILES string of the molecule is O=C(Nc1ccc(-n2cnc3ccccc32)cc1)c1ccc(Cl)cc1. The zero-order valence-electron chi connectivity index (χ0n) is 13.2. The van der Waals surface area contributed by atoms with Gasteiger partial charge in [-0.05, 0) is 60.7 Å². The highest BCUT2D eigenvalue weighted by Crippen LogP contribution is 2.20. The standard InChI is InChI=1S/C20H14ClN3O/c21-15-7-5-14(6-8-15)20(25)23-16-9-11-17(12-10-16)24-13-22-18-3-1-2-4-19(18)24/h1-13H,(H,23,25). The molecular weight excluding hydrogens is 334 g/mol. The molecule has 0 saturated heterocycles. The molecule has 0 aliphatic heterocycles. The van der Waals surface area contributed by atoms with Crippen molar-refractivity contribution >= 4 is 34.2 Å². The fourth-order valence-electron chi connectivity index (χ4n) is 2.67. The summed E-state index contributed by atoms with van der Waals surface area (Å²) in [5, 5.41) is 3.49. The lowest BCUT2D eigenvalue weighted by molar-refractivity contribution is 0.102. The molecule has 0 unspecified atom stereocenters. The molecule has 4 rings (SSSR count). The van der Waals surface area contributed by atoms with Crippen LogP contribution in [-0.4, -0.2) is 15.5 Å². The maximum Gasteiger partial charge on any atom is 0.255 e. The fraction of sp³-hybridized carbons (Fsp3) is 0. The summed E-state index contributed by atoms with van der Waals surface area (Å²) in [5.74, 6) is -0.169. The molecule has 1 amide bonds. The first-order valence-electron chi connectivity index (χ1n) is 7.80. The number of rotatable bonds is 3. The second-order valence-corrected chi connectivity index (χ2v) is 6.05. The van der Waals surface area contributed by atoms with Crippen molar-refractivity contribution in [2.24, 2.45) is 0 Å². The van der Waals surface area contributed by atoms with Crippen LogP contribution in [0, 0.1) is 0 Å². The molecule has 25 heavy (non-hydrogen) atoms. The number of nitrogens with one attached hydrogen (secondary N) is 1. The third kappa shape index (κ3) is 3.12. The highest BCUT2D eigenvalue weighted by atomic mass is 35.5. The van der Waals surface area contributed by atoms with E-state index in [0.29, 0.717) is 10.6 Å². The van der Waals surface area contributed by atoms with Gasteiger partial charge in [-0.3, -0.25) is 9.36 Å². The molecule has 5 heteroatoms. The van der Waals surface area contributed by atoms with Gasteiger partial charge in [0.15, 0.2) is 0 Å². The Bertz CT molecular complexity index is 1040. The number of anilines is 1. The summed E-state index contributed by atoms with van der Waals surface area (Å²) >= 11 is 5.85. The zero-order valence-corrected chi connectivity index (χ0v) is 13.9. The number of hydrogen-bond donors (Lipinski definition) is 1. The smallest absolute Gasteiger partial charge is 0.255 e. The van der Waals surface area contributed by atoms with Gasteiger partial charge in [0, 0.05) is 22.0 Å². The highest BCUT2D eigenvalue weighted by molar-refractivity contribution is 6.30. The number of carbonyl (C=O) groups is 1. The number of para-hydroxylation sites is 2. The average molecular weight is 348 g/mol. The number of hydrogen-bond acceptors (Lipinski definition) is 2. The van der Waals surface area contributed by atoms with Crippen LogP contribution in [-0.2, 0) is 0 Å². The first kappa shape index (κ1) is 15.4. The molecule has 0 fully saturated rings. The predicted octanol–water partition coefficient (Wildman–Crippen LogP) is 4.93. The van der Waals surface area contributed by atoms with Crippen molar-refractivity contribution < 1.29 is 4.79 Å². The van der Waals surface area contributed by atoms with E-state index in [-0.39, 0.29) is 5.91 Å². The maximum atomic E-state index is 12.2. The third-order valence-electron chi connectivity index (χ3n) is 3.96. The molecule has 4 aromatic rings. The van der Waals surface area contributed by atoms with Crippen molar-refractivity contribution in [3.05, 3.63) is 89.7 Å². The molecule has 0 atom stereocenters. The van der Waals surface area contributed by atoms with Gasteiger partial charge in [-0.2, -0.15) is 0 Å². The Morgan fingerprint density at radius 2 is 1.64 bits per heavy atom. The van der Waals surface area contributed by atoms with Gasteiger partial charge in [-0.25, -0.2) is 4.98 Å². The van der Waals surface area contributed by atoms with Crippen molar-refractivity contribution in [3.8, 4) is 5.69 Å². The Morgan fingerprint density at radius 1 is 0.920 bits per heavy atom. The minimum absolute atomic E-state index is 0.169. The number of carbonyl (C=O) groups excluding carboxylic acids is 1. The van der Waals surface area contributed by atoms with Gasteiger partial charge in [-0.15, -0.1) is 0 Å². The van der Waals surface area contributed by atoms with Crippen LogP contribution in [0.3, 0.4) is 0 Å². The quantitative estimate of drug-likeness (QED) is 0.571. The fourth-order valence-corrected chi connectivity index (χ4v) is 2.80. The van der Waals surface area contributed by atoms with Gasteiger partial charge in [0.25, 0.3) is 5.91 Å². The lowest BCUT2D eigenvalue weighted by atomic mass is 10.2. The van der Waals surface area contributed by atoms with Crippen LogP contribution in [0.5, 0.6) is 0 Å². The molecule has 4 nitrogen and oxygen atoms in total. The maximum absolute atomic E-state index is 12.2. The molecule has 3 aromatic carbocycles. The molecule has 122 valence electrons. The van der Waals surface area contributed by atoms with Crippen LogP contribution in [0.2, 0.25) is 5.02 Å². The molecular formula is C20H14ClN3O. The Kier molecular flexibility index (Phi) is 3.96. The molecule has 0 spiro atoms. The van der Waals surface area contributed by atoms with Gasteiger partial charge < -0.3 is 5.32 Å². The Hall–Kier alpha value is -3.11. The summed E-state index contributed by atoms with van der Waals surface area (Å²) in [4.78, 5) is 16.6. The Labute approximate surface area is 149 Å². The molecule has 1 aromatic heterocycles. The monoisotopic (exact) mass is 347 g/mol. The summed E-state index contributed by atoms with van der Waals surface area (Å²) < 4.78 is 2.01. The van der Waals surface area contributed by atoms with E-state index in [1.807, 2.05) is 53.1 Å². The van der Waals surface area contributed by atoms with Crippen molar-refractivity contribution in [3.63, 3.8) is 0 Å². The first-order valence-corrected chi connectivity index (χ1v) is 8.18. The van der Waals surface area contributed by atoms with Gasteiger partial charge in [-0.1, -0.05) is 23.7 Å². The van der Waals surface area contributed by atoms with E-state index in [4.69, 9.17) is 11.6 Å². The summed E-state index contributed by atoms with van der Waals surface area (Å²) in [5.41, 5.74) is 4.27. The number of benzene rings is 3. The van der Waals surface area contributed by atoms with Crippen LogP contribution >= 0.6 is 11.6 Å². The van der Waals surface area contributed by atoms with E-state index in [9.17, 15) is 4.79 Å². The number of halogens is 1. The number of imidazole rings is 1. The summed E-state index contributed by atoms with van der Waals surface area (Å²) in [7, 11) is 0. The van der Waals surface area contributed by atoms with Crippen molar-refractivity contribution in [1.82, 2.24) is 9.55 Å². The van der Waals surface area contributed by atoms with Gasteiger partial charge in [0.1, 0.15) is 6.33 Å². The zero-order chi connectivity index (χ0) is 17.2. The van der Waals surface area contributed by atoms with E-state index in [0.717, 1.165) is 22.4 Å². The van der Waals surface area contributed by atoms with Crippen molar-refractivity contribution in [1.29, 1.82) is 0 Å². The molecule has 0 bridgehead atoms. The minimum atomic E-state index is -0.169. The summed E-state index contributed by atoms with van der Waals surface area (Å²) in [6, 6.07) is 22.4. The van der Waals surface area contributed by atoms with Crippen LogP contribution in [0.1, 0.15) is 10.4 Å². The van der Waals surface area contributed by atoms with Crippen molar-refractivity contribution in [2.75, 3.05) is 5.32 Å². The molecule has 1 N–H and O–H groups in total. The van der Waals surface area contributed by atoms with Crippen LogP contribution in [0.4, 0.5) is 5.69 Å². The van der Waals surface area contributed by atoms with Crippen molar-refractivity contribution in [2.45, 2.75) is 0 Å². The van der Waals surface area contributed by atoms with Crippen LogP contribution in [0.15, 0.2) is 79.1 Å². The van der Waals surface area contributed by atoms with Crippen LogP contribution in [0.25, 0.3) is 16.7 Å². The average Bonchev–Trinajstić information content (AvgIpc) is 3.07. The van der Waals surface area contributed by atoms with E-state index in [1.54, 1.807) is 30.6 Å². The number of nitrogens with zero attached hydrogens (tertiary/aromatic N) is 2. The molecule has 0 radical (unpaired) electrons. The topological polar surface area (TPSA) is 46.9 Å². The molecule has 1 heterocycles. The first-order chi connectivity index (χ1) is 12.2. The van der Waals surface area contributed by atoms with Gasteiger partial charge >= 0.3 is 0 Å². The van der Waals surface area contributed by atoms with Gasteiger partial charge in [0.05, 0.1) is 11.0 Å². The van der Waals surface area contributed by atoms with Gasteiger partial charge in [0.2, 0.25) is 0 Å². The number of amides is 1. The highest BCUT2D eigenvalue weighted by Gasteiger charge is 2.07.